The van der Waals surface area contributed by atoms with Gasteiger partial charge in [-0.25, -0.2) is 9.78 Å². The molecule has 5 rings (SSSR count). The number of benzene rings is 2. The molecule has 3 heterocycles. The van der Waals surface area contributed by atoms with Crippen LogP contribution in [0, 0.1) is 0 Å². The number of likely N-dealkylation sites (tertiary alicyclic amines) is 1. The smallest absolute Gasteiger partial charge is 0.410 e. The first kappa shape index (κ1) is 24.2. The van der Waals surface area contributed by atoms with Crippen molar-refractivity contribution in [1.29, 1.82) is 0 Å². The molecule has 1 N–H and O–H groups in total. The van der Waals surface area contributed by atoms with Gasteiger partial charge in [0.1, 0.15) is 17.5 Å². The van der Waals surface area contributed by atoms with Crippen molar-refractivity contribution in [2.24, 2.45) is 7.05 Å². The molecule has 36 heavy (non-hydrogen) atoms. The highest BCUT2D eigenvalue weighted by Gasteiger charge is 2.38. The van der Waals surface area contributed by atoms with Crippen molar-refractivity contribution in [3.8, 4) is 11.4 Å². The van der Waals surface area contributed by atoms with Crippen LogP contribution in [0.5, 0.6) is 0 Å². The van der Waals surface area contributed by atoms with E-state index in [1.54, 1.807) is 4.90 Å². The number of hydrogen-bond donors (Lipinski definition) is 1. The highest BCUT2D eigenvalue weighted by atomic mass is 16.6. The Hall–Kier alpha value is -3.55. The number of nitrogens with zero attached hydrogens (tertiary/aromatic N) is 4. The lowest BCUT2D eigenvalue weighted by Gasteiger charge is -2.28. The minimum atomic E-state index is -0.581. The summed E-state index contributed by atoms with van der Waals surface area (Å²) in [5, 5.41) is 3.19. The van der Waals surface area contributed by atoms with Gasteiger partial charge in [-0.3, -0.25) is 9.69 Å². The topological polar surface area (TPSA) is 79.7 Å². The summed E-state index contributed by atoms with van der Waals surface area (Å²) < 4.78 is 7.64. The zero-order valence-corrected chi connectivity index (χ0v) is 21.5. The highest BCUT2D eigenvalue weighted by Crippen LogP contribution is 2.29. The molecule has 2 atom stereocenters. The number of ether oxygens (including phenoxy) is 1. The molecule has 0 saturated carbocycles. The monoisotopic (exact) mass is 489 g/mol. The molecule has 2 aliphatic rings. The summed E-state index contributed by atoms with van der Waals surface area (Å²) >= 11 is 0. The summed E-state index contributed by atoms with van der Waals surface area (Å²) in [5.41, 5.74) is 3.69. The van der Waals surface area contributed by atoms with Crippen molar-refractivity contribution in [2.45, 2.75) is 57.7 Å². The van der Waals surface area contributed by atoms with Crippen molar-refractivity contribution in [3.05, 3.63) is 48.5 Å². The SMILES string of the molecule is Cn1c(-c2cccc(N3CC[C@@H](NC(=O)[C@@H]4CCCN4C(=O)OC(C)(C)C)C3)c2)nc2ccccc21. The minimum absolute atomic E-state index is 0.0398. The van der Waals surface area contributed by atoms with Crippen molar-refractivity contribution >= 4 is 28.7 Å². The second-order valence-electron chi connectivity index (χ2n) is 10.8. The Kier molecular flexibility index (Phi) is 6.36. The van der Waals surface area contributed by atoms with E-state index in [0.717, 1.165) is 54.0 Å². The maximum Gasteiger partial charge on any atom is 0.410 e. The van der Waals surface area contributed by atoms with Crippen LogP contribution in [0.1, 0.15) is 40.0 Å². The number of imidazole rings is 1. The number of para-hydroxylation sites is 2. The average Bonchev–Trinajstić information content (AvgIpc) is 3.57. The predicted molar refractivity (Wildman–Crippen MR) is 141 cm³/mol. The zero-order chi connectivity index (χ0) is 25.4. The first-order valence-electron chi connectivity index (χ1n) is 12.8. The van der Waals surface area contributed by atoms with E-state index in [9.17, 15) is 9.59 Å². The second kappa shape index (κ2) is 9.48. The number of carbonyl (C=O) groups excluding carboxylic acids is 2. The molecule has 1 aromatic heterocycles. The molecule has 2 aromatic carbocycles. The molecule has 0 radical (unpaired) electrons. The lowest BCUT2D eigenvalue weighted by atomic mass is 10.1. The summed E-state index contributed by atoms with van der Waals surface area (Å²) in [4.78, 5) is 34.4. The van der Waals surface area contributed by atoms with Crippen LogP contribution in [0.25, 0.3) is 22.4 Å². The van der Waals surface area contributed by atoms with E-state index < -0.39 is 17.7 Å². The number of carbonyl (C=O) groups is 2. The Morgan fingerprint density at radius 3 is 2.64 bits per heavy atom. The Bertz CT molecular complexity index is 1280. The fourth-order valence-electron chi connectivity index (χ4n) is 5.23. The summed E-state index contributed by atoms with van der Waals surface area (Å²) in [6, 6.07) is 16.2. The van der Waals surface area contributed by atoms with Gasteiger partial charge in [-0.1, -0.05) is 24.3 Å². The van der Waals surface area contributed by atoms with Gasteiger partial charge >= 0.3 is 6.09 Å². The Morgan fingerprint density at radius 1 is 1.06 bits per heavy atom. The highest BCUT2D eigenvalue weighted by molar-refractivity contribution is 5.86. The molecular formula is C28H35N5O3. The third-order valence-corrected chi connectivity index (χ3v) is 6.97. The standard InChI is InChI=1S/C28H35N5O3/c1-28(2,3)36-27(35)33-15-8-13-24(33)26(34)29-20-14-16-32(18-20)21-10-7-9-19(17-21)25-30-22-11-5-6-12-23(22)31(25)4/h5-7,9-12,17,20,24H,8,13-16,18H2,1-4H3,(H,29,34)/t20-,24+/m1/s1. The zero-order valence-electron chi connectivity index (χ0n) is 21.5. The van der Waals surface area contributed by atoms with Gasteiger partial charge in [0.2, 0.25) is 5.91 Å². The van der Waals surface area contributed by atoms with Crippen molar-refractivity contribution in [3.63, 3.8) is 0 Å². The predicted octanol–water partition coefficient (Wildman–Crippen LogP) is 4.33. The minimum Gasteiger partial charge on any atom is -0.444 e. The summed E-state index contributed by atoms with van der Waals surface area (Å²) in [7, 11) is 2.04. The third kappa shape index (κ3) is 4.90. The van der Waals surface area contributed by atoms with Crippen LogP contribution in [-0.4, -0.2) is 63.8 Å². The van der Waals surface area contributed by atoms with E-state index in [4.69, 9.17) is 9.72 Å². The quantitative estimate of drug-likeness (QED) is 0.590. The Labute approximate surface area is 212 Å². The fourth-order valence-corrected chi connectivity index (χ4v) is 5.23. The molecule has 0 spiro atoms. The molecular weight excluding hydrogens is 454 g/mol. The maximum atomic E-state index is 13.1. The molecule has 3 aromatic rings. The average molecular weight is 490 g/mol. The van der Waals surface area contributed by atoms with Gasteiger partial charge in [-0.15, -0.1) is 0 Å². The number of aromatic nitrogens is 2. The maximum absolute atomic E-state index is 13.1. The van der Waals surface area contributed by atoms with E-state index in [-0.39, 0.29) is 11.9 Å². The van der Waals surface area contributed by atoms with E-state index in [0.29, 0.717) is 13.0 Å². The molecule has 2 amide bonds. The van der Waals surface area contributed by atoms with Gasteiger partial charge < -0.3 is 19.5 Å². The van der Waals surface area contributed by atoms with Crippen LogP contribution in [0.3, 0.4) is 0 Å². The molecule has 2 saturated heterocycles. The van der Waals surface area contributed by atoms with Crippen molar-refractivity contribution < 1.29 is 14.3 Å². The number of hydrogen-bond acceptors (Lipinski definition) is 5. The van der Waals surface area contributed by atoms with Crippen LogP contribution in [0.2, 0.25) is 0 Å². The summed E-state index contributed by atoms with van der Waals surface area (Å²) in [6.07, 6.45) is 1.93. The first-order chi connectivity index (χ1) is 17.2. The lowest BCUT2D eigenvalue weighted by Crippen LogP contribution is -2.50. The van der Waals surface area contributed by atoms with Crippen LogP contribution < -0.4 is 10.2 Å². The van der Waals surface area contributed by atoms with Crippen LogP contribution in [-0.2, 0) is 16.6 Å². The number of fused-ring (bicyclic) bond motifs is 1. The lowest BCUT2D eigenvalue weighted by molar-refractivity contribution is -0.126. The number of aryl methyl sites for hydroxylation is 1. The van der Waals surface area contributed by atoms with E-state index in [1.807, 2.05) is 46.0 Å². The van der Waals surface area contributed by atoms with Crippen LogP contribution >= 0.6 is 0 Å². The van der Waals surface area contributed by atoms with Gasteiger partial charge in [0, 0.05) is 44.0 Å². The molecule has 8 heteroatoms. The number of anilines is 1. The van der Waals surface area contributed by atoms with E-state index in [1.165, 1.54) is 0 Å². The second-order valence-corrected chi connectivity index (χ2v) is 10.8. The molecule has 0 unspecified atom stereocenters. The van der Waals surface area contributed by atoms with Crippen molar-refractivity contribution in [1.82, 2.24) is 19.8 Å². The summed E-state index contributed by atoms with van der Waals surface area (Å²) in [5.74, 6) is 0.851. The molecule has 2 fully saturated rings. The van der Waals surface area contributed by atoms with Gasteiger partial charge in [0.15, 0.2) is 0 Å². The number of amides is 2. The van der Waals surface area contributed by atoms with Crippen LogP contribution in [0.4, 0.5) is 10.5 Å². The van der Waals surface area contributed by atoms with Gasteiger partial charge in [0.25, 0.3) is 0 Å². The molecule has 8 nitrogen and oxygen atoms in total. The normalized spacial score (nSPS) is 20.2. The van der Waals surface area contributed by atoms with Gasteiger partial charge in [0.05, 0.1) is 11.0 Å². The number of rotatable bonds is 4. The Morgan fingerprint density at radius 2 is 1.86 bits per heavy atom. The summed E-state index contributed by atoms with van der Waals surface area (Å²) in [6.45, 7) is 7.67. The van der Waals surface area contributed by atoms with E-state index >= 15 is 0 Å². The molecule has 0 aliphatic carbocycles. The largest absolute Gasteiger partial charge is 0.444 e. The Balaban J connectivity index is 1.24. The first-order valence-corrected chi connectivity index (χ1v) is 12.8. The fraction of sp³-hybridized carbons (Fsp3) is 0.464. The van der Waals surface area contributed by atoms with Crippen molar-refractivity contribution in [2.75, 3.05) is 24.5 Å². The molecule has 2 aliphatic heterocycles. The third-order valence-electron chi connectivity index (χ3n) is 6.97. The number of nitrogens with one attached hydrogen (secondary N) is 1. The van der Waals surface area contributed by atoms with E-state index in [2.05, 4.69) is 45.1 Å². The molecule has 190 valence electrons. The van der Waals surface area contributed by atoms with Crippen LogP contribution in [0.15, 0.2) is 48.5 Å². The van der Waals surface area contributed by atoms with Gasteiger partial charge in [-0.2, -0.15) is 0 Å². The molecule has 0 bridgehead atoms. The van der Waals surface area contributed by atoms with Gasteiger partial charge in [-0.05, 0) is 64.3 Å².